The van der Waals surface area contributed by atoms with Crippen molar-refractivity contribution in [1.29, 1.82) is 0 Å². The highest BCUT2D eigenvalue weighted by molar-refractivity contribution is 9.10. The molecule has 0 aliphatic carbocycles. The number of sulfone groups is 1. The van der Waals surface area contributed by atoms with Crippen LogP contribution in [0.5, 0.6) is 0 Å². The van der Waals surface area contributed by atoms with E-state index in [1.807, 2.05) is 0 Å². The van der Waals surface area contributed by atoms with Crippen LogP contribution in [0.4, 0.5) is 0 Å². The van der Waals surface area contributed by atoms with Gasteiger partial charge in [-0.3, -0.25) is 9.59 Å². The molecule has 0 unspecified atom stereocenters. The third kappa shape index (κ3) is 4.72. The Balaban J connectivity index is 2.50. The maximum Gasteiger partial charge on any atom is 0.321 e. The van der Waals surface area contributed by atoms with E-state index in [-0.39, 0.29) is 22.1 Å². The van der Waals surface area contributed by atoms with Crippen LogP contribution in [-0.4, -0.2) is 33.0 Å². The Morgan fingerprint density at radius 2 is 1.77 bits per heavy atom. The predicted octanol–water partition coefficient (Wildman–Crippen LogP) is 4.04. The molecule has 2 aromatic rings. The summed E-state index contributed by atoms with van der Waals surface area (Å²) in [5.74, 6) is -2.44. The molecule has 2 aromatic carbocycles. The van der Waals surface area contributed by atoms with E-state index >= 15 is 0 Å². The molecule has 0 N–H and O–H groups in total. The molecule has 0 radical (unpaired) electrons. The first-order valence-corrected chi connectivity index (χ1v) is 10.7. The fourth-order valence-corrected chi connectivity index (χ4v) is 3.61. The Morgan fingerprint density at radius 3 is 2.27 bits per heavy atom. The lowest BCUT2D eigenvalue weighted by molar-refractivity contribution is -0.143. The first-order valence-electron chi connectivity index (χ1n) is 7.61. The number of benzene rings is 2. The van der Waals surface area contributed by atoms with E-state index in [1.165, 1.54) is 18.2 Å². The topological polar surface area (TPSA) is 77.5 Å². The van der Waals surface area contributed by atoms with Crippen molar-refractivity contribution in [2.45, 2.75) is 17.7 Å². The summed E-state index contributed by atoms with van der Waals surface area (Å²) < 4.78 is 29.1. The number of Topliss-reactive ketones (excluding diaryl/α,β-unsaturated/α-hetero) is 1. The zero-order valence-electron chi connectivity index (χ0n) is 14.0. The lowest BCUT2D eigenvalue weighted by atomic mass is 9.90. The summed E-state index contributed by atoms with van der Waals surface area (Å²) in [4.78, 5) is 25.4. The fraction of sp³-hybridized carbons (Fsp3) is 0.222. The zero-order valence-corrected chi connectivity index (χ0v) is 17.2. The van der Waals surface area contributed by atoms with Crippen molar-refractivity contribution in [2.24, 2.45) is 0 Å². The van der Waals surface area contributed by atoms with Gasteiger partial charge < -0.3 is 4.74 Å². The second kappa shape index (κ2) is 8.33. The molecule has 0 heterocycles. The second-order valence-corrected chi connectivity index (χ2v) is 8.85. The molecular formula is C18H16BrClO5S. The Morgan fingerprint density at radius 1 is 1.15 bits per heavy atom. The number of halogens is 2. The van der Waals surface area contributed by atoms with E-state index in [1.54, 1.807) is 31.2 Å². The van der Waals surface area contributed by atoms with E-state index < -0.39 is 27.5 Å². The van der Waals surface area contributed by atoms with Crippen molar-refractivity contribution >= 4 is 49.1 Å². The minimum absolute atomic E-state index is 0.00428. The van der Waals surface area contributed by atoms with Crippen molar-refractivity contribution in [3.05, 3.63) is 63.1 Å². The largest absolute Gasteiger partial charge is 0.465 e. The Kier molecular flexibility index (Phi) is 6.60. The third-order valence-corrected chi connectivity index (χ3v) is 5.57. The van der Waals surface area contributed by atoms with Crippen LogP contribution in [-0.2, 0) is 19.4 Å². The molecular weight excluding hydrogens is 444 g/mol. The number of ether oxygens (including phenoxy) is 1. The maximum absolute atomic E-state index is 13.0. The van der Waals surface area contributed by atoms with Gasteiger partial charge in [0, 0.05) is 16.3 Å². The van der Waals surface area contributed by atoms with Crippen LogP contribution >= 0.6 is 27.5 Å². The predicted molar refractivity (Wildman–Crippen MR) is 102 cm³/mol. The van der Waals surface area contributed by atoms with Gasteiger partial charge in [-0.05, 0) is 42.8 Å². The van der Waals surface area contributed by atoms with E-state index in [9.17, 15) is 18.0 Å². The Bertz CT molecular complexity index is 939. The number of ketones is 1. The minimum Gasteiger partial charge on any atom is -0.465 e. The first-order chi connectivity index (χ1) is 12.1. The van der Waals surface area contributed by atoms with Gasteiger partial charge in [0.25, 0.3) is 0 Å². The van der Waals surface area contributed by atoms with Crippen LogP contribution in [0.3, 0.4) is 0 Å². The highest BCUT2D eigenvalue weighted by Gasteiger charge is 2.32. The maximum atomic E-state index is 13.0. The number of carbonyl (C=O) groups excluding carboxylic acids is 2. The summed E-state index contributed by atoms with van der Waals surface area (Å²) in [6.07, 6.45) is 1.05. The summed E-state index contributed by atoms with van der Waals surface area (Å²) in [5, 5.41) is -0.0377. The highest BCUT2D eigenvalue weighted by atomic mass is 79.9. The van der Waals surface area contributed by atoms with Crippen molar-refractivity contribution in [3.8, 4) is 0 Å². The molecule has 138 valence electrons. The van der Waals surface area contributed by atoms with Crippen molar-refractivity contribution in [1.82, 2.24) is 0 Å². The summed E-state index contributed by atoms with van der Waals surface area (Å²) in [6.45, 7) is 1.77. The Hall–Kier alpha value is -1.70. The SMILES string of the molecule is CCOC(=O)[C@H](C(=O)c1ccc(S(C)(=O)=O)cc1Cl)c1ccc(Br)cc1. The molecule has 8 heteroatoms. The zero-order chi connectivity index (χ0) is 19.5. The van der Waals surface area contributed by atoms with Crippen LogP contribution in [0.25, 0.3) is 0 Å². The van der Waals surface area contributed by atoms with Gasteiger partial charge in [0.1, 0.15) is 5.92 Å². The summed E-state index contributed by atoms with van der Waals surface area (Å²) in [7, 11) is -3.46. The van der Waals surface area contributed by atoms with Gasteiger partial charge in [-0.1, -0.05) is 39.7 Å². The molecule has 0 aromatic heterocycles. The lowest BCUT2D eigenvalue weighted by Gasteiger charge is -2.16. The van der Waals surface area contributed by atoms with Crippen LogP contribution in [0, 0.1) is 0 Å². The van der Waals surface area contributed by atoms with Crippen LogP contribution < -0.4 is 0 Å². The molecule has 1 atom stereocenters. The molecule has 2 rings (SSSR count). The van der Waals surface area contributed by atoms with E-state index in [0.29, 0.717) is 5.56 Å². The van der Waals surface area contributed by atoms with Gasteiger partial charge in [0.2, 0.25) is 0 Å². The molecule has 0 amide bonds. The molecule has 26 heavy (non-hydrogen) atoms. The van der Waals surface area contributed by atoms with Crippen molar-refractivity contribution < 1.29 is 22.7 Å². The van der Waals surface area contributed by atoms with Crippen LogP contribution in [0.1, 0.15) is 28.8 Å². The monoisotopic (exact) mass is 458 g/mol. The van der Waals surface area contributed by atoms with Gasteiger partial charge in [-0.15, -0.1) is 0 Å². The summed E-state index contributed by atoms with van der Waals surface area (Å²) in [5.41, 5.74) is 0.514. The van der Waals surface area contributed by atoms with Gasteiger partial charge in [0.05, 0.1) is 16.5 Å². The van der Waals surface area contributed by atoms with Crippen LogP contribution in [0.2, 0.25) is 5.02 Å². The number of hydrogen-bond donors (Lipinski definition) is 0. The van der Waals surface area contributed by atoms with Crippen LogP contribution in [0.15, 0.2) is 51.8 Å². The van der Waals surface area contributed by atoms with E-state index in [0.717, 1.165) is 10.7 Å². The first kappa shape index (κ1) is 20.6. The summed E-state index contributed by atoms with van der Waals surface area (Å²) in [6, 6.07) is 10.5. The third-order valence-electron chi connectivity index (χ3n) is 3.62. The van der Waals surface area contributed by atoms with E-state index in [4.69, 9.17) is 16.3 Å². The second-order valence-electron chi connectivity index (χ2n) is 5.51. The summed E-state index contributed by atoms with van der Waals surface area (Å²) >= 11 is 9.43. The highest BCUT2D eigenvalue weighted by Crippen LogP contribution is 2.29. The Labute approximate surface area is 165 Å². The molecule has 0 bridgehead atoms. The molecule has 0 spiro atoms. The number of esters is 1. The standard InChI is InChI=1S/C18H16BrClO5S/c1-3-25-18(22)16(11-4-6-12(19)7-5-11)17(21)14-9-8-13(10-15(14)20)26(2,23)24/h4-10,16H,3H2,1-2H3/t16-/m0/s1. The smallest absolute Gasteiger partial charge is 0.321 e. The normalized spacial score (nSPS) is 12.5. The quantitative estimate of drug-likeness (QED) is 0.370. The van der Waals surface area contributed by atoms with Crippen molar-refractivity contribution in [2.75, 3.05) is 12.9 Å². The fourth-order valence-electron chi connectivity index (χ4n) is 2.36. The lowest BCUT2D eigenvalue weighted by Crippen LogP contribution is -2.24. The minimum atomic E-state index is -3.46. The number of hydrogen-bond acceptors (Lipinski definition) is 5. The number of carbonyl (C=O) groups is 2. The van der Waals surface area contributed by atoms with Gasteiger partial charge in [0.15, 0.2) is 15.6 Å². The average molecular weight is 460 g/mol. The van der Waals surface area contributed by atoms with E-state index in [2.05, 4.69) is 15.9 Å². The molecule has 0 fully saturated rings. The van der Waals surface area contributed by atoms with Gasteiger partial charge >= 0.3 is 5.97 Å². The van der Waals surface area contributed by atoms with Crippen molar-refractivity contribution in [3.63, 3.8) is 0 Å². The molecule has 0 saturated heterocycles. The van der Waals surface area contributed by atoms with Gasteiger partial charge in [-0.2, -0.15) is 0 Å². The average Bonchev–Trinajstić information content (AvgIpc) is 2.56. The molecule has 0 aliphatic rings. The molecule has 0 aliphatic heterocycles. The molecule has 0 saturated carbocycles. The molecule has 5 nitrogen and oxygen atoms in total. The number of rotatable bonds is 6. The van der Waals surface area contributed by atoms with Gasteiger partial charge in [-0.25, -0.2) is 8.42 Å².